The number of hydrogen-bond donors (Lipinski definition) is 1. The van der Waals surface area contributed by atoms with Crippen LogP contribution in [0.25, 0.3) is 5.69 Å². The highest BCUT2D eigenvalue weighted by Crippen LogP contribution is 2.28. The third-order valence-corrected chi connectivity index (χ3v) is 2.96. The molecule has 0 spiro atoms. The summed E-state index contributed by atoms with van der Waals surface area (Å²) in [5, 5.41) is 16.6. The van der Waals surface area contributed by atoms with E-state index in [1.807, 2.05) is 0 Å². The van der Waals surface area contributed by atoms with Crippen LogP contribution in [0.4, 0.5) is 4.39 Å². The summed E-state index contributed by atoms with van der Waals surface area (Å²) < 4.78 is 21.5. The van der Waals surface area contributed by atoms with Gasteiger partial charge in [-0.3, -0.25) is 0 Å². The Morgan fingerprint density at radius 3 is 2.57 bits per heavy atom. The van der Waals surface area contributed by atoms with Gasteiger partial charge in [-0.2, -0.15) is 9.36 Å². The number of ether oxygens (including phenoxy) is 1. The lowest BCUT2D eigenvalue weighted by Gasteiger charge is -2.25. The number of benzene rings is 1. The van der Waals surface area contributed by atoms with Crippen LogP contribution >= 0.6 is 0 Å². The predicted molar refractivity (Wildman–Crippen MR) is 73.1 cm³/mol. The topological polar surface area (TPSA) is 82.2 Å². The molecule has 2 rings (SSSR count). The highest BCUT2D eigenvalue weighted by molar-refractivity contribution is 5.49. The number of tetrazole rings is 1. The molecule has 1 aromatic heterocycles. The molecule has 1 heterocycles. The minimum atomic E-state index is -0.928. The average Bonchev–Trinajstić information content (AvgIpc) is 2.74. The lowest BCUT2D eigenvalue weighted by Crippen LogP contribution is -2.33. The Kier molecular flexibility index (Phi) is 3.82. The van der Waals surface area contributed by atoms with Crippen molar-refractivity contribution in [2.24, 2.45) is 7.05 Å². The number of aliphatic hydroxyl groups is 1. The molecule has 2 aromatic rings. The number of halogens is 1. The SMILES string of the molecule is Cc1cc(-n2nnn(C)c2=O)c(OC(C)(C)CO)cc1F. The average molecular weight is 296 g/mol. The van der Waals surface area contributed by atoms with Crippen LogP contribution in [0.1, 0.15) is 19.4 Å². The van der Waals surface area contributed by atoms with E-state index in [-0.39, 0.29) is 18.0 Å². The molecular formula is C13H17FN4O3. The third-order valence-electron chi connectivity index (χ3n) is 2.96. The van der Waals surface area contributed by atoms with E-state index in [4.69, 9.17) is 4.74 Å². The van der Waals surface area contributed by atoms with Crippen LogP contribution in [0.5, 0.6) is 5.75 Å². The maximum Gasteiger partial charge on any atom is 0.368 e. The molecule has 1 aromatic carbocycles. The third kappa shape index (κ3) is 2.94. The van der Waals surface area contributed by atoms with Gasteiger partial charge in [-0.1, -0.05) is 0 Å². The molecule has 0 aliphatic rings. The van der Waals surface area contributed by atoms with Gasteiger partial charge in [0.1, 0.15) is 22.9 Å². The lowest BCUT2D eigenvalue weighted by molar-refractivity contribution is 0.0408. The molecule has 0 atom stereocenters. The fraction of sp³-hybridized carbons (Fsp3) is 0.462. The van der Waals surface area contributed by atoms with E-state index in [1.165, 1.54) is 19.2 Å². The second kappa shape index (κ2) is 5.28. The van der Waals surface area contributed by atoms with Gasteiger partial charge in [-0.15, -0.1) is 0 Å². The van der Waals surface area contributed by atoms with Crippen LogP contribution in [0.3, 0.4) is 0 Å². The molecule has 0 aliphatic heterocycles. The van der Waals surface area contributed by atoms with E-state index in [1.54, 1.807) is 20.8 Å². The molecule has 0 fully saturated rings. The number of aryl methyl sites for hydroxylation is 2. The van der Waals surface area contributed by atoms with Crippen LogP contribution in [0.2, 0.25) is 0 Å². The van der Waals surface area contributed by atoms with Gasteiger partial charge in [-0.05, 0) is 42.8 Å². The summed E-state index contributed by atoms with van der Waals surface area (Å²) in [5.74, 6) is -0.362. The molecule has 0 saturated carbocycles. The Morgan fingerprint density at radius 1 is 1.38 bits per heavy atom. The van der Waals surface area contributed by atoms with Gasteiger partial charge in [0.25, 0.3) is 0 Å². The normalized spacial score (nSPS) is 11.7. The Bertz CT molecular complexity index is 721. The van der Waals surface area contributed by atoms with Crippen molar-refractivity contribution in [3.8, 4) is 11.4 Å². The minimum Gasteiger partial charge on any atom is -0.483 e. The van der Waals surface area contributed by atoms with Crippen molar-refractivity contribution < 1.29 is 14.2 Å². The first-order chi connectivity index (χ1) is 9.75. The van der Waals surface area contributed by atoms with E-state index in [0.717, 1.165) is 9.36 Å². The molecule has 0 aliphatic carbocycles. The first-order valence-electron chi connectivity index (χ1n) is 6.34. The van der Waals surface area contributed by atoms with Gasteiger partial charge >= 0.3 is 5.69 Å². The summed E-state index contributed by atoms with van der Waals surface area (Å²) in [6.45, 7) is 4.60. The number of hydrogen-bond acceptors (Lipinski definition) is 5. The fourth-order valence-electron chi connectivity index (χ4n) is 1.69. The van der Waals surface area contributed by atoms with Crippen molar-refractivity contribution >= 4 is 0 Å². The Balaban J connectivity index is 2.62. The number of rotatable bonds is 4. The van der Waals surface area contributed by atoms with E-state index < -0.39 is 17.1 Å². The summed E-state index contributed by atoms with van der Waals surface area (Å²) in [6.07, 6.45) is 0. The molecule has 0 saturated heterocycles. The summed E-state index contributed by atoms with van der Waals surface area (Å²) in [5.41, 5.74) is -0.791. The van der Waals surface area contributed by atoms with E-state index in [9.17, 15) is 14.3 Å². The molecule has 0 radical (unpaired) electrons. The van der Waals surface area contributed by atoms with E-state index in [2.05, 4.69) is 10.4 Å². The molecule has 21 heavy (non-hydrogen) atoms. The van der Waals surface area contributed by atoms with Crippen molar-refractivity contribution in [1.82, 2.24) is 19.8 Å². The van der Waals surface area contributed by atoms with Crippen LogP contribution in [-0.2, 0) is 7.05 Å². The standard InChI is InChI=1S/C13H17FN4O3/c1-8-5-10(18-12(20)17(4)15-16-18)11(6-9(8)14)21-13(2,3)7-19/h5-6,19H,7H2,1-4H3. The van der Waals surface area contributed by atoms with Crippen LogP contribution < -0.4 is 10.4 Å². The zero-order chi connectivity index (χ0) is 15.8. The van der Waals surface area contributed by atoms with Crippen LogP contribution in [0, 0.1) is 12.7 Å². The smallest absolute Gasteiger partial charge is 0.368 e. The minimum absolute atomic E-state index is 0.111. The highest BCUT2D eigenvalue weighted by Gasteiger charge is 2.23. The van der Waals surface area contributed by atoms with Gasteiger partial charge in [-0.25, -0.2) is 9.18 Å². The molecule has 114 valence electrons. The molecule has 0 unspecified atom stereocenters. The van der Waals surface area contributed by atoms with Gasteiger partial charge in [0.05, 0.1) is 6.61 Å². The first kappa shape index (κ1) is 15.2. The van der Waals surface area contributed by atoms with Crippen molar-refractivity contribution in [2.75, 3.05) is 6.61 Å². The molecular weight excluding hydrogens is 279 g/mol. The first-order valence-corrected chi connectivity index (χ1v) is 6.34. The van der Waals surface area contributed by atoms with Crippen LogP contribution in [-0.4, -0.2) is 37.1 Å². The van der Waals surface area contributed by atoms with Gasteiger partial charge in [0, 0.05) is 13.1 Å². The Hall–Kier alpha value is -2.22. The molecule has 0 bridgehead atoms. The van der Waals surface area contributed by atoms with E-state index >= 15 is 0 Å². The predicted octanol–water partition coefficient (Wildman–Crippen LogP) is 0.563. The van der Waals surface area contributed by atoms with Crippen molar-refractivity contribution in [2.45, 2.75) is 26.4 Å². The molecule has 1 N–H and O–H groups in total. The largest absolute Gasteiger partial charge is 0.483 e. The van der Waals surface area contributed by atoms with Crippen molar-refractivity contribution in [3.63, 3.8) is 0 Å². The number of aliphatic hydroxyl groups excluding tert-OH is 1. The quantitative estimate of drug-likeness (QED) is 0.891. The second-order valence-electron chi connectivity index (χ2n) is 5.39. The number of aromatic nitrogens is 4. The van der Waals surface area contributed by atoms with Crippen LogP contribution in [0.15, 0.2) is 16.9 Å². The Morgan fingerprint density at radius 2 is 2.05 bits per heavy atom. The number of nitrogens with zero attached hydrogens (tertiary/aromatic N) is 4. The monoisotopic (exact) mass is 296 g/mol. The molecule has 0 amide bonds. The maximum absolute atomic E-state index is 13.8. The molecule has 8 heteroatoms. The van der Waals surface area contributed by atoms with Crippen molar-refractivity contribution in [1.29, 1.82) is 0 Å². The van der Waals surface area contributed by atoms with Gasteiger partial charge < -0.3 is 9.84 Å². The second-order valence-corrected chi connectivity index (χ2v) is 5.39. The zero-order valence-electron chi connectivity index (χ0n) is 12.3. The summed E-state index contributed by atoms with van der Waals surface area (Å²) in [7, 11) is 1.46. The van der Waals surface area contributed by atoms with Gasteiger partial charge in [0.2, 0.25) is 0 Å². The highest BCUT2D eigenvalue weighted by atomic mass is 19.1. The summed E-state index contributed by atoms with van der Waals surface area (Å²) >= 11 is 0. The fourth-order valence-corrected chi connectivity index (χ4v) is 1.69. The summed E-state index contributed by atoms with van der Waals surface area (Å²) in [4.78, 5) is 12.0. The Labute approximate surface area is 120 Å². The van der Waals surface area contributed by atoms with Crippen molar-refractivity contribution in [3.05, 3.63) is 34.0 Å². The lowest BCUT2D eigenvalue weighted by atomic mass is 10.1. The van der Waals surface area contributed by atoms with E-state index in [0.29, 0.717) is 5.56 Å². The van der Waals surface area contributed by atoms with Gasteiger partial charge in [0.15, 0.2) is 0 Å². The maximum atomic E-state index is 13.8. The summed E-state index contributed by atoms with van der Waals surface area (Å²) in [6, 6.07) is 2.62. The zero-order valence-corrected chi connectivity index (χ0v) is 12.3. The molecule has 7 nitrogen and oxygen atoms in total.